The van der Waals surface area contributed by atoms with Gasteiger partial charge in [-0.25, -0.2) is 9.97 Å². The summed E-state index contributed by atoms with van der Waals surface area (Å²) >= 11 is 3.32. The predicted molar refractivity (Wildman–Crippen MR) is 107 cm³/mol. The molecule has 0 bridgehead atoms. The SMILES string of the molecule is COc1cccc(C(=O)CSc2nc(C)nc3sc4c(c23)CCCC4)c1. The Morgan fingerprint density at radius 1 is 1.27 bits per heavy atom. The van der Waals surface area contributed by atoms with Crippen LogP contribution in [0.4, 0.5) is 0 Å². The van der Waals surface area contributed by atoms with Gasteiger partial charge in [-0.15, -0.1) is 11.3 Å². The summed E-state index contributed by atoms with van der Waals surface area (Å²) in [5.74, 6) is 1.92. The highest BCUT2D eigenvalue weighted by molar-refractivity contribution is 8.00. The number of thiophene rings is 1. The van der Waals surface area contributed by atoms with Gasteiger partial charge in [0, 0.05) is 15.8 Å². The number of rotatable bonds is 5. The second-order valence-electron chi connectivity index (χ2n) is 6.41. The molecule has 1 aliphatic rings. The molecule has 0 radical (unpaired) electrons. The van der Waals surface area contributed by atoms with Crippen LogP contribution in [0, 0.1) is 6.92 Å². The maximum absolute atomic E-state index is 12.6. The molecule has 3 aromatic rings. The van der Waals surface area contributed by atoms with Gasteiger partial charge >= 0.3 is 0 Å². The molecule has 0 saturated carbocycles. The fourth-order valence-corrected chi connectivity index (χ4v) is 5.71. The van der Waals surface area contributed by atoms with Gasteiger partial charge in [-0.05, 0) is 50.3 Å². The standard InChI is InChI=1S/C20H20N2O2S2/c1-12-21-19(18-15-8-3-4-9-17(15)26-20(18)22-12)25-11-16(23)13-6-5-7-14(10-13)24-2/h5-7,10H,3-4,8-9,11H2,1-2H3. The third-order valence-corrected chi connectivity index (χ3v) is 6.79. The van der Waals surface area contributed by atoms with Gasteiger partial charge in [0.25, 0.3) is 0 Å². The predicted octanol–water partition coefficient (Wildman–Crippen LogP) is 4.86. The Labute approximate surface area is 161 Å². The Bertz CT molecular complexity index is 981. The van der Waals surface area contributed by atoms with Crippen molar-refractivity contribution in [2.24, 2.45) is 0 Å². The topological polar surface area (TPSA) is 52.1 Å². The van der Waals surface area contributed by atoms with Gasteiger partial charge in [0.15, 0.2) is 5.78 Å². The molecule has 0 N–H and O–H groups in total. The van der Waals surface area contributed by atoms with Crippen molar-refractivity contribution in [2.75, 3.05) is 12.9 Å². The van der Waals surface area contributed by atoms with Crippen molar-refractivity contribution in [1.29, 1.82) is 0 Å². The fraction of sp³-hybridized carbons (Fsp3) is 0.350. The van der Waals surface area contributed by atoms with Crippen molar-refractivity contribution in [2.45, 2.75) is 37.6 Å². The summed E-state index contributed by atoms with van der Waals surface area (Å²) < 4.78 is 5.21. The van der Waals surface area contributed by atoms with Gasteiger partial charge < -0.3 is 4.74 Å². The molecule has 2 aromatic heterocycles. The van der Waals surface area contributed by atoms with Crippen molar-refractivity contribution in [1.82, 2.24) is 9.97 Å². The lowest BCUT2D eigenvalue weighted by atomic mass is 9.97. The normalized spacial score (nSPS) is 13.6. The van der Waals surface area contributed by atoms with Gasteiger partial charge in [0.05, 0.1) is 12.9 Å². The maximum atomic E-state index is 12.6. The number of benzene rings is 1. The monoisotopic (exact) mass is 384 g/mol. The van der Waals surface area contributed by atoms with Crippen molar-refractivity contribution in [3.8, 4) is 5.75 Å². The molecule has 26 heavy (non-hydrogen) atoms. The largest absolute Gasteiger partial charge is 0.497 e. The molecule has 0 atom stereocenters. The van der Waals surface area contributed by atoms with Crippen LogP contribution in [-0.4, -0.2) is 28.6 Å². The van der Waals surface area contributed by atoms with Gasteiger partial charge in [-0.3, -0.25) is 4.79 Å². The average molecular weight is 385 g/mol. The van der Waals surface area contributed by atoms with Gasteiger partial charge in [0.1, 0.15) is 21.4 Å². The highest BCUT2D eigenvalue weighted by Gasteiger charge is 2.21. The fourth-order valence-electron chi connectivity index (χ4n) is 3.34. The number of hydrogen-bond donors (Lipinski definition) is 0. The molecule has 0 fully saturated rings. The quantitative estimate of drug-likeness (QED) is 0.357. The number of ketones is 1. The van der Waals surface area contributed by atoms with Gasteiger partial charge in [-0.2, -0.15) is 0 Å². The second kappa shape index (κ2) is 7.37. The third-order valence-electron chi connectivity index (χ3n) is 4.62. The van der Waals surface area contributed by atoms with E-state index in [0.29, 0.717) is 17.1 Å². The minimum atomic E-state index is 0.0856. The Kier molecular flexibility index (Phi) is 4.96. The van der Waals surface area contributed by atoms with Crippen LogP contribution in [0.3, 0.4) is 0 Å². The third kappa shape index (κ3) is 3.35. The molecule has 6 heteroatoms. The molecule has 0 spiro atoms. The van der Waals surface area contributed by atoms with Crippen molar-refractivity contribution < 1.29 is 9.53 Å². The minimum absolute atomic E-state index is 0.0856. The van der Waals surface area contributed by atoms with Crippen LogP contribution in [0.25, 0.3) is 10.2 Å². The lowest BCUT2D eigenvalue weighted by molar-refractivity contribution is 0.102. The van der Waals surface area contributed by atoms with E-state index in [1.807, 2.05) is 25.1 Å². The minimum Gasteiger partial charge on any atom is -0.497 e. The molecule has 0 unspecified atom stereocenters. The zero-order chi connectivity index (χ0) is 18.1. The number of aryl methyl sites for hydroxylation is 3. The summed E-state index contributed by atoms with van der Waals surface area (Å²) in [5.41, 5.74) is 2.08. The first-order valence-corrected chi connectivity index (χ1v) is 10.5. The van der Waals surface area contributed by atoms with E-state index >= 15 is 0 Å². The molecule has 0 aliphatic heterocycles. The Morgan fingerprint density at radius 3 is 2.96 bits per heavy atom. The molecule has 2 heterocycles. The molecule has 1 aliphatic carbocycles. The zero-order valence-corrected chi connectivity index (χ0v) is 16.5. The van der Waals surface area contributed by atoms with E-state index in [1.165, 1.54) is 40.4 Å². The highest BCUT2D eigenvalue weighted by atomic mass is 32.2. The number of carbonyl (C=O) groups is 1. The van der Waals surface area contributed by atoms with Crippen LogP contribution in [-0.2, 0) is 12.8 Å². The lowest BCUT2D eigenvalue weighted by Crippen LogP contribution is -2.04. The number of ether oxygens (including phenoxy) is 1. The summed E-state index contributed by atoms with van der Waals surface area (Å²) in [6.45, 7) is 1.92. The van der Waals surface area contributed by atoms with Crippen LogP contribution in [0.2, 0.25) is 0 Å². The first-order chi connectivity index (χ1) is 12.7. The zero-order valence-electron chi connectivity index (χ0n) is 14.9. The van der Waals surface area contributed by atoms with Gasteiger partial charge in [-0.1, -0.05) is 23.9 Å². The Morgan fingerprint density at radius 2 is 2.12 bits per heavy atom. The van der Waals surface area contributed by atoms with E-state index in [1.54, 1.807) is 24.5 Å². The number of nitrogens with zero attached hydrogens (tertiary/aromatic N) is 2. The van der Waals surface area contributed by atoms with Crippen LogP contribution in [0.5, 0.6) is 5.75 Å². The number of aromatic nitrogens is 2. The molecular weight excluding hydrogens is 364 g/mol. The summed E-state index contributed by atoms with van der Waals surface area (Å²) in [7, 11) is 1.61. The van der Waals surface area contributed by atoms with E-state index in [0.717, 1.165) is 28.5 Å². The van der Waals surface area contributed by atoms with E-state index in [4.69, 9.17) is 4.74 Å². The maximum Gasteiger partial charge on any atom is 0.173 e. The van der Waals surface area contributed by atoms with E-state index in [-0.39, 0.29) is 5.78 Å². The molecule has 1 aromatic carbocycles. The summed E-state index contributed by atoms with van der Waals surface area (Å²) in [6.07, 6.45) is 4.71. The lowest BCUT2D eigenvalue weighted by Gasteiger charge is -2.11. The van der Waals surface area contributed by atoms with Crippen LogP contribution < -0.4 is 4.74 Å². The first kappa shape index (κ1) is 17.5. The Balaban J connectivity index is 1.62. The van der Waals surface area contributed by atoms with Crippen molar-refractivity contribution in [3.05, 3.63) is 46.1 Å². The molecule has 0 saturated heterocycles. The van der Waals surface area contributed by atoms with E-state index in [9.17, 15) is 4.79 Å². The van der Waals surface area contributed by atoms with Crippen LogP contribution in [0.15, 0.2) is 29.3 Å². The number of hydrogen-bond acceptors (Lipinski definition) is 6. The van der Waals surface area contributed by atoms with Crippen LogP contribution >= 0.6 is 23.1 Å². The highest BCUT2D eigenvalue weighted by Crippen LogP contribution is 2.39. The van der Waals surface area contributed by atoms with Gasteiger partial charge in [0.2, 0.25) is 0 Å². The average Bonchev–Trinajstić information content (AvgIpc) is 3.04. The molecule has 4 rings (SSSR count). The first-order valence-electron chi connectivity index (χ1n) is 8.74. The summed E-state index contributed by atoms with van der Waals surface area (Å²) in [4.78, 5) is 24.4. The van der Waals surface area contributed by atoms with E-state index < -0.39 is 0 Å². The summed E-state index contributed by atoms with van der Waals surface area (Å²) in [5, 5.41) is 2.13. The smallest absolute Gasteiger partial charge is 0.173 e. The second-order valence-corrected chi connectivity index (χ2v) is 8.46. The van der Waals surface area contributed by atoms with Crippen molar-refractivity contribution >= 4 is 39.1 Å². The Hall–Kier alpha value is -1.92. The van der Waals surface area contributed by atoms with Crippen LogP contribution in [0.1, 0.15) is 39.5 Å². The van der Waals surface area contributed by atoms with E-state index in [2.05, 4.69) is 9.97 Å². The number of methoxy groups -OCH3 is 1. The van der Waals surface area contributed by atoms with Crippen molar-refractivity contribution in [3.63, 3.8) is 0 Å². The molecule has 4 nitrogen and oxygen atoms in total. The molecular formula is C20H20N2O2S2. The number of Topliss-reactive ketones (excluding diaryl/α,β-unsaturated/α-hetero) is 1. The number of carbonyl (C=O) groups excluding carboxylic acids is 1. The number of thioether (sulfide) groups is 1. The molecule has 0 amide bonds. The molecule has 134 valence electrons. The summed E-state index contributed by atoms with van der Waals surface area (Å²) in [6, 6.07) is 7.31. The number of fused-ring (bicyclic) bond motifs is 3.